The summed E-state index contributed by atoms with van der Waals surface area (Å²) in [5.41, 5.74) is 7.01. The fourth-order valence-electron chi connectivity index (χ4n) is 2.78. The van der Waals surface area contributed by atoms with Crippen LogP contribution in [0.5, 0.6) is 0 Å². The predicted octanol–water partition coefficient (Wildman–Crippen LogP) is 6.09. The zero-order valence-electron chi connectivity index (χ0n) is 11.5. The van der Waals surface area contributed by atoms with Crippen LogP contribution in [0.1, 0.15) is 24.0 Å². The van der Waals surface area contributed by atoms with Gasteiger partial charge < -0.3 is 0 Å². The second kappa shape index (κ2) is 7.26. The van der Waals surface area contributed by atoms with Gasteiger partial charge in [0, 0.05) is 6.42 Å². The summed E-state index contributed by atoms with van der Waals surface area (Å²) in [6, 6.07) is 17.3. The van der Waals surface area contributed by atoms with Gasteiger partial charge in [-0.3, -0.25) is 0 Å². The first kappa shape index (κ1) is 15.5. The van der Waals surface area contributed by atoms with Crippen LogP contribution in [0.3, 0.4) is 0 Å². The molecule has 105 valence electrons. The average Bonchev–Trinajstić information content (AvgIpc) is 3.27. The SMILES string of the molecule is [CH]1C(C2CC2)=Cc2c1cccc2-c1ccccc1.[Cl][Hf][Cl]. The van der Waals surface area contributed by atoms with Crippen molar-refractivity contribution in [3.05, 3.63) is 71.7 Å². The Balaban J connectivity index is 0.000000409. The van der Waals surface area contributed by atoms with Gasteiger partial charge in [-0.05, 0) is 41.0 Å². The van der Waals surface area contributed by atoms with Gasteiger partial charge in [-0.1, -0.05) is 60.2 Å². The van der Waals surface area contributed by atoms with E-state index in [0.717, 1.165) is 5.92 Å². The molecule has 0 atom stereocenters. The molecular formula is C18H15Cl2Hf. The van der Waals surface area contributed by atoms with E-state index in [1.165, 1.54) is 40.7 Å². The number of fused-ring (bicyclic) bond motifs is 1. The van der Waals surface area contributed by atoms with Crippen molar-refractivity contribution in [2.75, 3.05) is 0 Å². The molecule has 0 N–H and O–H groups in total. The van der Waals surface area contributed by atoms with Gasteiger partial charge in [-0.2, -0.15) is 0 Å². The molecule has 1 radical (unpaired) electrons. The fraction of sp³-hybridized carbons (Fsp3) is 0.167. The second-order valence-electron chi connectivity index (χ2n) is 5.31. The third-order valence-electron chi connectivity index (χ3n) is 3.91. The van der Waals surface area contributed by atoms with Gasteiger partial charge in [0.2, 0.25) is 0 Å². The molecule has 0 nitrogen and oxygen atoms in total. The topological polar surface area (TPSA) is 0 Å². The van der Waals surface area contributed by atoms with Gasteiger partial charge in [0.1, 0.15) is 0 Å². The maximum absolute atomic E-state index is 4.96. The third kappa shape index (κ3) is 3.70. The Kier molecular flexibility index (Phi) is 5.37. The van der Waals surface area contributed by atoms with Crippen LogP contribution < -0.4 is 0 Å². The van der Waals surface area contributed by atoms with Crippen molar-refractivity contribution < 1.29 is 20.5 Å². The van der Waals surface area contributed by atoms with Crippen molar-refractivity contribution in [1.29, 1.82) is 0 Å². The van der Waals surface area contributed by atoms with E-state index in [1.807, 2.05) is 0 Å². The maximum atomic E-state index is 4.96. The number of rotatable bonds is 2. The van der Waals surface area contributed by atoms with Crippen molar-refractivity contribution in [2.24, 2.45) is 5.92 Å². The van der Waals surface area contributed by atoms with Gasteiger partial charge >= 0.3 is 37.7 Å². The van der Waals surface area contributed by atoms with Crippen molar-refractivity contribution in [3.63, 3.8) is 0 Å². The van der Waals surface area contributed by atoms with Gasteiger partial charge in [-0.15, -0.1) is 0 Å². The first-order valence-corrected chi connectivity index (χ1v) is 15.9. The molecule has 0 aliphatic heterocycles. The van der Waals surface area contributed by atoms with Crippen LogP contribution in [-0.2, 0) is 20.5 Å². The first-order chi connectivity index (χ1) is 10.3. The van der Waals surface area contributed by atoms with Crippen molar-refractivity contribution in [1.82, 2.24) is 0 Å². The molecule has 1 saturated carbocycles. The van der Waals surface area contributed by atoms with Gasteiger partial charge in [0.05, 0.1) is 0 Å². The number of hydrogen-bond acceptors (Lipinski definition) is 0. The molecule has 1 fully saturated rings. The molecule has 2 aromatic rings. The Morgan fingerprint density at radius 3 is 2.29 bits per heavy atom. The molecular weight excluding hydrogens is 466 g/mol. The van der Waals surface area contributed by atoms with E-state index in [0.29, 0.717) is 0 Å². The van der Waals surface area contributed by atoms with Crippen molar-refractivity contribution in [2.45, 2.75) is 12.8 Å². The minimum atomic E-state index is -0.972. The minimum absolute atomic E-state index is 0.834. The van der Waals surface area contributed by atoms with Crippen LogP contribution in [0.2, 0.25) is 0 Å². The summed E-state index contributed by atoms with van der Waals surface area (Å²) in [4.78, 5) is 0. The Hall–Kier alpha value is -0.370. The van der Waals surface area contributed by atoms with Crippen LogP contribution in [0, 0.1) is 12.3 Å². The zero-order chi connectivity index (χ0) is 14.7. The first-order valence-electron chi connectivity index (χ1n) is 7.04. The number of benzene rings is 2. The molecule has 2 aromatic carbocycles. The molecule has 0 bridgehead atoms. The average molecular weight is 481 g/mol. The summed E-state index contributed by atoms with van der Waals surface area (Å²) in [7, 11) is 9.92. The van der Waals surface area contributed by atoms with Crippen LogP contribution >= 0.6 is 17.2 Å². The standard InChI is InChI=1S/C18H15.2ClH.Hf/c1-2-5-14(6-3-1)17-8-4-7-15-11-16(12-18(15)17)13-9-10-13;;;/h1-8,11-13H,9-10H2;2*1H;/q;;;+2/p-2. The van der Waals surface area contributed by atoms with Gasteiger partial charge in [-0.25, -0.2) is 0 Å². The Morgan fingerprint density at radius 2 is 1.62 bits per heavy atom. The van der Waals surface area contributed by atoms with Gasteiger partial charge in [0.25, 0.3) is 0 Å². The molecule has 3 heteroatoms. The molecule has 0 amide bonds. The number of allylic oxidation sites excluding steroid dienone is 1. The van der Waals surface area contributed by atoms with E-state index in [2.05, 4.69) is 61.0 Å². The monoisotopic (exact) mass is 481 g/mol. The molecule has 0 heterocycles. The number of hydrogen-bond donors (Lipinski definition) is 0. The van der Waals surface area contributed by atoms with Crippen LogP contribution in [0.4, 0.5) is 0 Å². The molecule has 0 unspecified atom stereocenters. The van der Waals surface area contributed by atoms with E-state index in [4.69, 9.17) is 17.2 Å². The molecule has 4 rings (SSSR count). The molecule has 0 spiro atoms. The summed E-state index contributed by atoms with van der Waals surface area (Å²) in [6.07, 6.45) is 7.52. The van der Waals surface area contributed by atoms with Crippen molar-refractivity contribution in [3.8, 4) is 11.1 Å². The van der Waals surface area contributed by atoms with E-state index in [1.54, 1.807) is 0 Å². The Morgan fingerprint density at radius 1 is 0.905 bits per heavy atom. The Bertz CT molecular complexity index is 646. The Labute approximate surface area is 144 Å². The van der Waals surface area contributed by atoms with Crippen LogP contribution in [-0.4, -0.2) is 0 Å². The van der Waals surface area contributed by atoms with Crippen molar-refractivity contribution >= 4 is 23.2 Å². The van der Waals surface area contributed by atoms with E-state index < -0.39 is 20.5 Å². The molecule has 2 aliphatic carbocycles. The quantitative estimate of drug-likeness (QED) is 0.456. The molecule has 0 saturated heterocycles. The third-order valence-corrected chi connectivity index (χ3v) is 3.91. The van der Waals surface area contributed by atoms with E-state index in [-0.39, 0.29) is 0 Å². The molecule has 21 heavy (non-hydrogen) atoms. The van der Waals surface area contributed by atoms with Crippen LogP contribution in [0.15, 0.2) is 54.1 Å². The van der Waals surface area contributed by atoms with E-state index in [9.17, 15) is 0 Å². The molecule has 0 aromatic heterocycles. The predicted molar refractivity (Wildman–Crippen MR) is 87.7 cm³/mol. The van der Waals surface area contributed by atoms with Crippen LogP contribution in [0.25, 0.3) is 17.2 Å². The normalized spacial score (nSPS) is 15.6. The summed E-state index contributed by atoms with van der Waals surface area (Å²) in [5, 5.41) is 0. The fourth-order valence-corrected chi connectivity index (χ4v) is 2.78. The van der Waals surface area contributed by atoms with Gasteiger partial charge in [0.15, 0.2) is 0 Å². The zero-order valence-corrected chi connectivity index (χ0v) is 16.6. The molecule has 2 aliphatic rings. The summed E-state index contributed by atoms with van der Waals surface area (Å²) < 4.78 is 0. The van der Waals surface area contributed by atoms with E-state index >= 15 is 0 Å². The number of halogens is 2. The second-order valence-corrected chi connectivity index (χ2v) is 10.5. The summed E-state index contributed by atoms with van der Waals surface area (Å²) >= 11 is -0.972. The summed E-state index contributed by atoms with van der Waals surface area (Å²) in [6.45, 7) is 0. The summed E-state index contributed by atoms with van der Waals surface area (Å²) in [5.74, 6) is 0.834.